The number of nitrogens with zero attached hydrogens (tertiary/aromatic N) is 2. The van der Waals surface area contributed by atoms with E-state index in [0.717, 1.165) is 11.3 Å². The lowest BCUT2D eigenvalue weighted by atomic mass is 10.1. The topological polar surface area (TPSA) is 54.9 Å². The van der Waals surface area contributed by atoms with E-state index >= 15 is 0 Å². The third-order valence-corrected chi connectivity index (χ3v) is 4.50. The van der Waals surface area contributed by atoms with Crippen molar-refractivity contribution < 1.29 is 4.79 Å². The maximum absolute atomic E-state index is 12.1. The molecule has 0 aliphatic heterocycles. The molecule has 2 heterocycles. The van der Waals surface area contributed by atoms with Crippen LogP contribution in [0, 0.1) is 13.8 Å². The molecule has 0 unspecified atom stereocenters. The number of aromatic nitrogens is 2. The van der Waals surface area contributed by atoms with Crippen LogP contribution in [0.25, 0.3) is 11.3 Å². The van der Waals surface area contributed by atoms with E-state index in [9.17, 15) is 4.79 Å². The second kappa shape index (κ2) is 6.48. The molecule has 1 N–H and O–H groups in total. The molecule has 0 radical (unpaired) electrons. The number of benzene rings is 1. The highest BCUT2D eigenvalue weighted by molar-refractivity contribution is 7.14. The lowest BCUT2D eigenvalue weighted by Gasteiger charge is -2.03. The first-order valence-corrected chi connectivity index (χ1v) is 8.25. The number of amides is 1. The summed E-state index contributed by atoms with van der Waals surface area (Å²) >= 11 is 7.11. The Hall–Kier alpha value is -2.24. The van der Waals surface area contributed by atoms with Crippen LogP contribution in [0.3, 0.4) is 0 Å². The standard InChI is InChI=1S/C17H14ClN3OS/c1-10-3-4-12(7-11(10)2)14-9-23-17(20-14)21-16(22)13-5-6-15(18)19-8-13/h3-9H,1-2H3,(H,20,21,22). The smallest absolute Gasteiger partial charge is 0.259 e. The molecule has 0 atom stereocenters. The summed E-state index contributed by atoms with van der Waals surface area (Å²) in [4.78, 5) is 20.5. The van der Waals surface area contributed by atoms with E-state index in [1.807, 2.05) is 11.4 Å². The van der Waals surface area contributed by atoms with Gasteiger partial charge < -0.3 is 0 Å². The van der Waals surface area contributed by atoms with Crippen LogP contribution in [0.15, 0.2) is 41.9 Å². The molecule has 0 fully saturated rings. The average molecular weight is 344 g/mol. The van der Waals surface area contributed by atoms with Gasteiger partial charge in [-0.1, -0.05) is 23.7 Å². The number of hydrogen-bond donors (Lipinski definition) is 1. The van der Waals surface area contributed by atoms with Crippen LogP contribution in [-0.4, -0.2) is 15.9 Å². The molecule has 3 rings (SSSR count). The van der Waals surface area contributed by atoms with Gasteiger partial charge in [0.05, 0.1) is 11.3 Å². The fourth-order valence-corrected chi connectivity index (χ4v) is 2.87. The van der Waals surface area contributed by atoms with E-state index in [2.05, 4.69) is 41.3 Å². The van der Waals surface area contributed by atoms with E-state index in [0.29, 0.717) is 15.8 Å². The highest BCUT2D eigenvalue weighted by Crippen LogP contribution is 2.26. The Kier molecular flexibility index (Phi) is 4.41. The molecule has 23 heavy (non-hydrogen) atoms. The summed E-state index contributed by atoms with van der Waals surface area (Å²) in [7, 11) is 0. The third-order valence-electron chi connectivity index (χ3n) is 3.52. The van der Waals surface area contributed by atoms with Crippen molar-refractivity contribution >= 4 is 34.0 Å². The zero-order chi connectivity index (χ0) is 16.4. The molecule has 0 saturated carbocycles. The molecular formula is C17H14ClN3OS. The predicted octanol–water partition coefficient (Wildman–Crippen LogP) is 4.73. The van der Waals surface area contributed by atoms with Gasteiger partial charge in [-0.2, -0.15) is 0 Å². The molecule has 0 bridgehead atoms. The quantitative estimate of drug-likeness (QED) is 0.699. The highest BCUT2D eigenvalue weighted by Gasteiger charge is 2.10. The Labute approximate surface area is 143 Å². The lowest BCUT2D eigenvalue weighted by molar-refractivity contribution is 0.102. The van der Waals surface area contributed by atoms with E-state index in [-0.39, 0.29) is 5.91 Å². The van der Waals surface area contributed by atoms with Crippen molar-refractivity contribution in [2.45, 2.75) is 13.8 Å². The molecule has 0 aliphatic rings. The van der Waals surface area contributed by atoms with Crippen molar-refractivity contribution in [3.63, 3.8) is 0 Å². The van der Waals surface area contributed by atoms with Crippen LogP contribution in [0.2, 0.25) is 5.15 Å². The molecular weight excluding hydrogens is 330 g/mol. The van der Waals surface area contributed by atoms with Gasteiger partial charge in [-0.15, -0.1) is 11.3 Å². The molecule has 116 valence electrons. The van der Waals surface area contributed by atoms with Gasteiger partial charge in [0.15, 0.2) is 5.13 Å². The number of nitrogens with one attached hydrogen (secondary N) is 1. The number of carbonyl (C=O) groups excluding carboxylic acids is 1. The Balaban J connectivity index is 1.77. The van der Waals surface area contributed by atoms with E-state index < -0.39 is 0 Å². The zero-order valence-corrected chi connectivity index (χ0v) is 14.2. The molecule has 0 spiro atoms. The van der Waals surface area contributed by atoms with Crippen molar-refractivity contribution in [3.8, 4) is 11.3 Å². The Morgan fingerprint density at radius 1 is 1.17 bits per heavy atom. The van der Waals surface area contributed by atoms with Crippen LogP contribution in [0.5, 0.6) is 0 Å². The monoisotopic (exact) mass is 343 g/mol. The number of anilines is 1. The Morgan fingerprint density at radius 3 is 2.70 bits per heavy atom. The van der Waals surface area contributed by atoms with E-state index in [1.54, 1.807) is 12.1 Å². The van der Waals surface area contributed by atoms with Gasteiger partial charge in [0.2, 0.25) is 0 Å². The number of thiazole rings is 1. The van der Waals surface area contributed by atoms with Crippen LogP contribution in [-0.2, 0) is 0 Å². The van der Waals surface area contributed by atoms with Crippen LogP contribution < -0.4 is 5.32 Å². The summed E-state index contributed by atoms with van der Waals surface area (Å²) < 4.78 is 0. The van der Waals surface area contributed by atoms with Crippen LogP contribution in [0.4, 0.5) is 5.13 Å². The van der Waals surface area contributed by atoms with Crippen molar-refractivity contribution in [1.82, 2.24) is 9.97 Å². The van der Waals surface area contributed by atoms with Gasteiger partial charge in [0.1, 0.15) is 5.15 Å². The minimum Gasteiger partial charge on any atom is -0.298 e. The predicted molar refractivity (Wildman–Crippen MR) is 94.2 cm³/mol. The third kappa shape index (κ3) is 3.57. The van der Waals surface area contributed by atoms with Crippen LogP contribution >= 0.6 is 22.9 Å². The summed E-state index contributed by atoms with van der Waals surface area (Å²) in [5.41, 5.74) is 4.79. The maximum atomic E-state index is 12.1. The number of pyridine rings is 1. The van der Waals surface area contributed by atoms with E-state index in [4.69, 9.17) is 11.6 Å². The second-order valence-corrected chi connectivity index (χ2v) is 6.41. The van der Waals surface area contributed by atoms with Crippen molar-refractivity contribution in [3.05, 3.63) is 63.8 Å². The molecule has 1 amide bonds. The van der Waals surface area contributed by atoms with Gasteiger partial charge in [0.25, 0.3) is 5.91 Å². The Bertz CT molecular complexity index is 859. The minimum atomic E-state index is -0.254. The number of hydrogen-bond acceptors (Lipinski definition) is 4. The number of aryl methyl sites for hydroxylation is 2. The second-order valence-electron chi connectivity index (χ2n) is 5.16. The molecule has 0 saturated heterocycles. The average Bonchev–Trinajstić information content (AvgIpc) is 2.99. The molecule has 2 aromatic heterocycles. The molecule has 1 aromatic carbocycles. The molecule has 0 aliphatic carbocycles. The molecule has 4 nitrogen and oxygen atoms in total. The van der Waals surface area contributed by atoms with Crippen molar-refractivity contribution in [1.29, 1.82) is 0 Å². The SMILES string of the molecule is Cc1ccc(-c2csc(NC(=O)c3ccc(Cl)nc3)n2)cc1C. The fourth-order valence-electron chi connectivity index (χ4n) is 2.04. The largest absolute Gasteiger partial charge is 0.298 e. The van der Waals surface area contributed by atoms with Gasteiger partial charge in [-0.05, 0) is 43.2 Å². The first-order valence-electron chi connectivity index (χ1n) is 6.99. The summed E-state index contributed by atoms with van der Waals surface area (Å²) in [5.74, 6) is -0.254. The normalized spacial score (nSPS) is 10.6. The summed E-state index contributed by atoms with van der Waals surface area (Å²) in [6.45, 7) is 4.15. The maximum Gasteiger partial charge on any atom is 0.259 e. The Morgan fingerprint density at radius 2 is 2.00 bits per heavy atom. The van der Waals surface area contributed by atoms with Crippen molar-refractivity contribution in [2.75, 3.05) is 5.32 Å². The van der Waals surface area contributed by atoms with Crippen molar-refractivity contribution in [2.24, 2.45) is 0 Å². The molecule has 3 aromatic rings. The summed E-state index contributed by atoms with van der Waals surface area (Å²) in [6.07, 6.45) is 1.44. The minimum absolute atomic E-state index is 0.254. The van der Waals surface area contributed by atoms with Crippen LogP contribution in [0.1, 0.15) is 21.5 Å². The van der Waals surface area contributed by atoms with Gasteiger partial charge in [0, 0.05) is 17.1 Å². The van der Waals surface area contributed by atoms with Gasteiger partial charge >= 0.3 is 0 Å². The number of carbonyl (C=O) groups is 1. The first-order chi connectivity index (χ1) is 11.0. The molecule has 6 heteroatoms. The number of rotatable bonds is 3. The highest BCUT2D eigenvalue weighted by atomic mass is 35.5. The first kappa shape index (κ1) is 15.6. The van der Waals surface area contributed by atoms with Gasteiger partial charge in [-0.25, -0.2) is 9.97 Å². The zero-order valence-electron chi connectivity index (χ0n) is 12.6. The number of halogens is 1. The lowest BCUT2D eigenvalue weighted by Crippen LogP contribution is -2.11. The van der Waals surface area contributed by atoms with E-state index in [1.165, 1.54) is 28.7 Å². The summed E-state index contributed by atoms with van der Waals surface area (Å²) in [6, 6.07) is 9.41. The van der Waals surface area contributed by atoms with Gasteiger partial charge in [-0.3, -0.25) is 10.1 Å². The summed E-state index contributed by atoms with van der Waals surface area (Å²) in [5, 5.41) is 5.62. The fraction of sp³-hybridized carbons (Fsp3) is 0.118.